The second kappa shape index (κ2) is 7.44. The summed E-state index contributed by atoms with van der Waals surface area (Å²) < 4.78 is 50.2. The van der Waals surface area contributed by atoms with Crippen LogP contribution in [0.4, 0.5) is 18.0 Å². The van der Waals surface area contributed by atoms with Crippen LogP contribution in [0.1, 0.15) is 30.4 Å². The Morgan fingerprint density at radius 2 is 2.08 bits per heavy atom. The summed E-state index contributed by atoms with van der Waals surface area (Å²) in [5.41, 5.74) is -0.375. The lowest BCUT2D eigenvalue weighted by Crippen LogP contribution is -2.53. The van der Waals surface area contributed by atoms with Gasteiger partial charge < -0.3 is 19.7 Å². The molecule has 0 bridgehead atoms. The number of carbonyl (C=O) groups is 1. The van der Waals surface area contributed by atoms with Crippen molar-refractivity contribution in [3.8, 4) is 0 Å². The molecule has 2 aliphatic rings. The Kier molecular flexibility index (Phi) is 5.43. The van der Waals surface area contributed by atoms with Gasteiger partial charge in [0.2, 0.25) is 0 Å². The van der Waals surface area contributed by atoms with Crippen LogP contribution in [0.5, 0.6) is 0 Å². The first-order chi connectivity index (χ1) is 12.3. The van der Waals surface area contributed by atoms with Crippen molar-refractivity contribution in [2.75, 3.05) is 26.8 Å². The van der Waals surface area contributed by atoms with Crippen molar-refractivity contribution in [3.63, 3.8) is 0 Å². The van der Waals surface area contributed by atoms with E-state index in [2.05, 4.69) is 5.32 Å². The molecule has 2 fully saturated rings. The Bertz CT molecular complexity index is 653. The van der Waals surface area contributed by atoms with Crippen LogP contribution in [0.25, 0.3) is 0 Å². The molecule has 144 valence electrons. The lowest BCUT2D eigenvalue weighted by atomic mass is 10.0. The Balaban J connectivity index is 1.61. The van der Waals surface area contributed by atoms with Gasteiger partial charge in [-0.05, 0) is 25.0 Å². The van der Waals surface area contributed by atoms with Crippen molar-refractivity contribution >= 4 is 6.03 Å². The molecule has 0 aromatic heterocycles. The Morgan fingerprint density at radius 3 is 2.77 bits per heavy atom. The summed E-state index contributed by atoms with van der Waals surface area (Å²) in [6.07, 6.45) is -4.19. The molecular weight excluding hydrogens is 349 g/mol. The topological polar surface area (TPSA) is 50.8 Å². The first-order valence-electron chi connectivity index (χ1n) is 8.65. The summed E-state index contributed by atoms with van der Waals surface area (Å²) in [5, 5.41) is 2.86. The first-order valence-corrected chi connectivity index (χ1v) is 8.65. The number of benzene rings is 1. The molecule has 1 saturated carbocycles. The summed E-state index contributed by atoms with van der Waals surface area (Å²) in [6.45, 7) is 3.11. The van der Waals surface area contributed by atoms with Gasteiger partial charge in [0.15, 0.2) is 0 Å². The van der Waals surface area contributed by atoms with Gasteiger partial charge in [-0.1, -0.05) is 18.2 Å². The lowest BCUT2D eigenvalue weighted by molar-refractivity contribution is -0.138. The zero-order valence-electron chi connectivity index (χ0n) is 14.8. The van der Waals surface area contributed by atoms with Crippen molar-refractivity contribution in [2.24, 2.45) is 0 Å². The number of urea groups is 1. The van der Waals surface area contributed by atoms with Crippen LogP contribution in [0.15, 0.2) is 24.3 Å². The highest BCUT2D eigenvalue weighted by atomic mass is 19.4. The minimum absolute atomic E-state index is 0.115. The van der Waals surface area contributed by atoms with E-state index >= 15 is 0 Å². The summed E-state index contributed by atoms with van der Waals surface area (Å²) in [5.74, 6) is -0.301. The second-order valence-electron chi connectivity index (χ2n) is 6.91. The van der Waals surface area contributed by atoms with Gasteiger partial charge in [0.05, 0.1) is 30.9 Å². The molecule has 26 heavy (non-hydrogen) atoms. The predicted molar refractivity (Wildman–Crippen MR) is 88.9 cm³/mol. The van der Waals surface area contributed by atoms with E-state index in [0.717, 1.165) is 6.07 Å². The van der Waals surface area contributed by atoms with Gasteiger partial charge in [-0.15, -0.1) is 0 Å². The SMILES string of the molecule is COCC1CN(C(=O)NC2CC2c2ccccc2C(F)(F)F)CC(C)O1. The third kappa shape index (κ3) is 4.29. The van der Waals surface area contributed by atoms with E-state index in [0.29, 0.717) is 26.1 Å². The molecule has 3 rings (SSSR count). The fourth-order valence-electron chi connectivity index (χ4n) is 3.52. The van der Waals surface area contributed by atoms with E-state index < -0.39 is 11.7 Å². The normalized spacial score (nSPS) is 28.7. The highest BCUT2D eigenvalue weighted by Gasteiger charge is 2.45. The molecule has 1 aliphatic heterocycles. The monoisotopic (exact) mass is 372 g/mol. The van der Waals surface area contributed by atoms with Crippen molar-refractivity contribution in [3.05, 3.63) is 35.4 Å². The van der Waals surface area contributed by atoms with Crippen LogP contribution in [0, 0.1) is 0 Å². The number of carbonyl (C=O) groups excluding carboxylic acids is 1. The molecule has 4 atom stereocenters. The summed E-state index contributed by atoms with van der Waals surface area (Å²) in [7, 11) is 1.57. The molecule has 2 amide bonds. The maximum atomic E-state index is 13.2. The second-order valence-corrected chi connectivity index (χ2v) is 6.91. The Labute approximate surface area is 150 Å². The molecule has 1 aromatic carbocycles. The first kappa shape index (κ1) is 19.0. The van der Waals surface area contributed by atoms with Crippen molar-refractivity contribution in [2.45, 2.75) is 43.7 Å². The van der Waals surface area contributed by atoms with E-state index in [1.807, 2.05) is 6.92 Å². The number of alkyl halides is 3. The highest BCUT2D eigenvalue weighted by molar-refractivity contribution is 5.75. The number of amides is 2. The molecule has 1 aromatic rings. The quantitative estimate of drug-likeness (QED) is 0.884. The molecule has 0 spiro atoms. The van der Waals surface area contributed by atoms with Gasteiger partial charge in [0, 0.05) is 25.6 Å². The molecule has 1 saturated heterocycles. The summed E-state index contributed by atoms with van der Waals surface area (Å²) >= 11 is 0. The van der Waals surface area contributed by atoms with Crippen LogP contribution >= 0.6 is 0 Å². The number of hydrogen-bond donors (Lipinski definition) is 1. The maximum absolute atomic E-state index is 13.2. The zero-order chi connectivity index (χ0) is 18.9. The molecule has 1 N–H and O–H groups in total. The fourth-order valence-corrected chi connectivity index (χ4v) is 3.52. The van der Waals surface area contributed by atoms with Gasteiger partial charge in [-0.25, -0.2) is 4.79 Å². The van der Waals surface area contributed by atoms with Crippen LogP contribution < -0.4 is 5.32 Å². The molecule has 1 heterocycles. The maximum Gasteiger partial charge on any atom is 0.416 e. The molecular formula is C18H23F3N2O3. The van der Waals surface area contributed by atoms with Crippen LogP contribution in [-0.2, 0) is 15.7 Å². The third-order valence-electron chi connectivity index (χ3n) is 4.73. The Morgan fingerprint density at radius 1 is 1.35 bits per heavy atom. The van der Waals surface area contributed by atoms with E-state index in [9.17, 15) is 18.0 Å². The number of nitrogens with zero attached hydrogens (tertiary/aromatic N) is 1. The smallest absolute Gasteiger partial charge is 0.382 e. The van der Waals surface area contributed by atoms with E-state index in [4.69, 9.17) is 9.47 Å². The van der Waals surface area contributed by atoms with Crippen LogP contribution in [0.2, 0.25) is 0 Å². The standard InChI is InChI=1S/C18H23F3N2O3/c1-11-8-23(9-12(26-11)10-25-2)17(24)22-16-7-14(16)13-5-3-4-6-15(13)18(19,20)21/h3-6,11-12,14,16H,7-10H2,1-2H3,(H,22,24). The average Bonchev–Trinajstić information content (AvgIpc) is 3.33. The number of nitrogens with one attached hydrogen (secondary N) is 1. The number of ether oxygens (including phenoxy) is 2. The number of morpholine rings is 1. The minimum Gasteiger partial charge on any atom is -0.382 e. The molecule has 4 unspecified atom stereocenters. The fraction of sp³-hybridized carbons (Fsp3) is 0.611. The van der Waals surface area contributed by atoms with Gasteiger partial charge >= 0.3 is 12.2 Å². The minimum atomic E-state index is -4.39. The number of rotatable bonds is 4. The van der Waals surface area contributed by atoms with Crippen molar-refractivity contribution < 1.29 is 27.4 Å². The number of halogens is 3. The lowest BCUT2D eigenvalue weighted by Gasteiger charge is -2.36. The van der Waals surface area contributed by atoms with Crippen LogP contribution in [-0.4, -0.2) is 56.0 Å². The van der Waals surface area contributed by atoms with Crippen molar-refractivity contribution in [1.29, 1.82) is 0 Å². The Hall–Kier alpha value is -1.80. The van der Waals surface area contributed by atoms with E-state index in [1.54, 1.807) is 18.1 Å². The average molecular weight is 372 g/mol. The molecule has 0 radical (unpaired) electrons. The predicted octanol–water partition coefficient (Wildman–Crippen LogP) is 3.01. The van der Waals surface area contributed by atoms with Gasteiger partial charge in [-0.3, -0.25) is 0 Å². The third-order valence-corrected chi connectivity index (χ3v) is 4.73. The van der Waals surface area contributed by atoms with Crippen LogP contribution in [0.3, 0.4) is 0 Å². The molecule has 1 aliphatic carbocycles. The van der Waals surface area contributed by atoms with Gasteiger partial charge in [-0.2, -0.15) is 13.2 Å². The number of hydrogen-bond acceptors (Lipinski definition) is 3. The van der Waals surface area contributed by atoms with E-state index in [1.165, 1.54) is 12.1 Å². The van der Waals surface area contributed by atoms with Crippen molar-refractivity contribution in [1.82, 2.24) is 10.2 Å². The van der Waals surface area contributed by atoms with Gasteiger partial charge in [0.25, 0.3) is 0 Å². The number of methoxy groups -OCH3 is 1. The highest BCUT2D eigenvalue weighted by Crippen LogP contribution is 2.46. The summed E-state index contributed by atoms with van der Waals surface area (Å²) in [6, 6.07) is 5.02. The molecule has 5 nitrogen and oxygen atoms in total. The molecule has 8 heteroatoms. The zero-order valence-corrected chi connectivity index (χ0v) is 14.8. The van der Waals surface area contributed by atoms with Gasteiger partial charge in [0.1, 0.15) is 0 Å². The largest absolute Gasteiger partial charge is 0.416 e. The van der Waals surface area contributed by atoms with E-state index in [-0.39, 0.29) is 35.8 Å². The summed E-state index contributed by atoms with van der Waals surface area (Å²) in [4.78, 5) is 14.1.